The Morgan fingerprint density at radius 1 is 1.29 bits per heavy atom. The van der Waals surface area contributed by atoms with Crippen LogP contribution in [0.5, 0.6) is 0 Å². The van der Waals surface area contributed by atoms with E-state index in [9.17, 15) is 14.4 Å². The topological polar surface area (TPSA) is 63.7 Å². The summed E-state index contributed by atoms with van der Waals surface area (Å²) in [7, 11) is 0. The highest BCUT2D eigenvalue weighted by Crippen LogP contribution is 2.31. The molecule has 1 aliphatic heterocycles. The lowest BCUT2D eigenvalue weighted by Crippen LogP contribution is -2.46. The first kappa shape index (κ1) is 10.7. The molecule has 0 aromatic carbocycles. The van der Waals surface area contributed by atoms with Crippen LogP contribution in [-0.2, 0) is 19.2 Å². The van der Waals surface area contributed by atoms with Crippen molar-refractivity contribution in [2.45, 2.75) is 33.6 Å². The lowest BCUT2D eigenvalue weighted by molar-refractivity contribution is -0.207. The quantitative estimate of drug-likeness (QED) is 0.581. The van der Waals surface area contributed by atoms with Crippen LogP contribution in [-0.4, -0.2) is 22.8 Å². The SMILES string of the molecule is CC(=O)ON1C(=O)CC(C)(C)CC1=O. The van der Waals surface area contributed by atoms with Crippen molar-refractivity contribution in [2.75, 3.05) is 0 Å². The molecule has 0 radical (unpaired) electrons. The van der Waals surface area contributed by atoms with E-state index in [0.29, 0.717) is 5.06 Å². The Labute approximate surface area is 82.0 Å². The average Bonchev–Trinajstić information content (AvgIpc) is 1.94. The van der Waals surface area contributed by atoms with Crippen molar-refractivity contribution in [1.82, 2.24) is 5.06 Å². The molecule has 1 heterocycles. The summed E-state index contributed by atoms with van der Waals surface area (Å²) in [6.45, 7) is 4.81. The maximum absolute atomic E-state index is 11.4. The molecule has 1 saturated heterocycles. The van der Waals surface area contributed by atoms with Crippen LogP contribution in [0.3, 0.4) is 0 Å². The van der Waals surface area contributed by atoms with E-state index in [-0.39, 0.29) is 18.3 Å². The van der Waals surface area contributed by atoms with Gasteiger partial charge in [0.05, 0.1) is 0 Å². The fourth-order valence-electron chi connectivity index (χ4n) is 1.39. The van der Waals surface area contributed by atoms with Crippen molar-refractivity contribution in [1.29, 1.82) is 0 Å². The lowest BCUT2D eigenvalue weighted by atomic mass is 9.82. The van der Waals surface area contributed by atoms with Crippen molar-refractivity contribution < 1.29 is 19.2 Å². The van der Waals surface area contributed by atoms with E-state index < -0.39 is 17.8 Å². The van der Waals surface area contributed by atoms with Gasteiger partial charge in [-0.3, -0.25) is 9.59 Å². The number of amides is 2. The monoisotopic (exact) mass is 199 g/mol. The second-order valence-corrected chi connectivity index (χ2v) is 4.18. The lowest BCUT2D eigenvalue weighted by Gasteiger charge is -2.32. The van der Waals surface area contributed by atoms with Crippen molar-refractivity contribution in [3.05, 3.63) is 0 Å². The molecule has 0 N–H and O–H groups in total. The third kappa shape index (κ3) is 2.31. The number of imide groups is 1. The molecule has 0 spiro atoms. The summed E-state index contributed by atoms with van der Waals surface area (Å²) in [5, 5.41) is 0.563. The van der Waals surface area contributed by atoms with Gasteiger partial charge in [0.15, 0.2) is 0 Å². The molecule has 0 bridgehead atoms. The van der Waals surface area contributed by atoms with Gasteiger partial charge in [-0.15, -0.1) is 5.06 Å². The molecule has 0 unspecified atom stereocenters. The minimum Gasteiger partial charge on any atom is -0.331 e. The average molecular weight is 199 g/mol. The van der Waals surface area contributed by atoms with E-state index in [4.69, 9.17) is 0 Å². The summed E-state index contributed by atoms with van der Waals surface area (Å²) in [4.78, 5) is 37.9. The van der Waals surface area contributed by atoms with Crippen LogP contribution in [0.4, 0.5) is 0 Å². The predicted octanol–water partition coefficient (Wildman–Crippen LogP) is 0.640. The molecular formula is C9H13NO4. The van der Waals surface area contributed by atoms with Gasteiger partial charge < -0.3 is 4.84 Å². The highest BCUT2D eigenvalue weighted by Gasteiger charge is 2.39. The number of carbonyl (C=O) groups is 3. The first-order valence-corrected chi connectivity index (χ1v) is 4.36. The molecule has 0 aliphatic carbocycles. The van der Waals surface area contributed by atoms with E-state index in [1.807, 2.05) is 13.8 Å². The van der Waals surface area contributed by atoms with Gasteiger partial charge in [-0.2, -0.15) is 0 Å². The number of rotatable bonds is 1. The molecule has 0 aromatic rings. The zero-order valence-corrected chi connectivity index (χ0v) is 8.49. The summed E-state index contributed by atoms with van der Waals surface area (Å²) >= 11 is 0. The van der Waals surface area contributed by atoms with Crippen LogP contribution in [0.1, 0.15) is 33.6 Å². The Hall–Kier alpha value is -1.39. The van der Waals surface area contributed by atoms with Crippen LogP contribution in [0.2, 0.25) is 0 Å². The Balaban J connectivity index is 2.76. The van der Waals surface area contributed by atoms with E-state index in [0.717, 1.165) is 6.92 Å². The zero-order valence-electron chi connectivity index (χ0n) is 8.49. The molecule has 0 atom stereocenters. The molecular weight excluding hydrogens is 186 g/mol. The largest absolute Gasteiger partial charge is 0.331 e. The van der Waals surface area contributed by atoms with E-state index in [2.05, 4.69) is 4.84 Å². The summed E-state index contributed by atoms with van der Waals surface area (Å²) < 4.78 is 0. The maximum Gasteiger partial charge on any atom is 0.330 e. The summed E-state index contributed by atoms with van der Waals surface area (Å²) in [5.74, 6) is -1.57. The molecule has 1 rings (SSSR count). The highest BCUT2D eigenvalue weighted by atomic mass is 16.7. The third-order valence-electron chi connectivity index (χ3n) is 1.93. The first-order valence-electron chi connectivity index (χ1n) is 4.36. The number of piperidine rings is 1. The van der Waals surface area contributed by atoms with Gasteiger partial charge in [0, 0.05) is 19.8 Å². The molecule has 1 fully saturated rings. The van der Waals surface area contributed by atoms with Gasteiger partial charge in [-0.1, -0.05) is 13.8 Å². The van der Waals surface area contributed by atoms with Gasteiger partial charge in [0.1, 0.15) is 0 Å². The predicted molar refractivity (Wildman–Crippen MR) is 46.6 cm³/mol. The number of hydrogen-bond donors (Lipinski definition) is 0. The molecule has 2 amide bonds. The fourth-order valence-corrected chi connectivity index (χ4v) is 1.39. The number of carbonyl (C=O) groups excluding carboxylic acids is 3. The number of hydrogen-bond acceptors (Lipinski definition) is 4. The molecule has 0 aromatic heterocycles. The van der Waals surface area contributed by atoms with Crippen molar-refractivity contribution in [3.63, 3.8) is 0 Å². The molecule has 14 heavy (non-hydrogen) atoms. The van der Waals surface area contributed by atoms with E-state index in [1.165, 1.54) is 0 Å². The van der Waals surface area contributed by atoms with Gasteiger partial charge in [-0.25, -0.2) is 4.79 Å². The highest BCUT2D eigenvalue weighted by molar-refractivity contribution is 5.98. The van der Waals surface area contributed by atoms with Crippen LogP contribution in [0.25, 0.3) is 0 Å². The minimum absolute atomic E-state index is 0.214. The Kier molecular flexibility index (Phi) is 2.59. The van der Waals surface area contributed by atoms with Crippen LogP contribution in [0, 0.1) is 5.41 Å². The van der Waals surface area contributed by atoms with Crippen LogP contribution in [0.15, 0.2) is 0 Å². The summed E-state index contributed by atoms with van der Waals surface area (Å²) in [6.07, 6.45) is 0.429. The van der Waals surface area contributed by atoms with Crippen molar-refractivity contribution >= 4 is 17.8 Å². The molecule has 5 heteroatoms. The standard InChI is InChI=1S/C9H13NO4/c1-6(11)14-10-7(12)4-9(2,3)5-8(10)13/h4-5H2,1-3H3. The van der Waals surface area contributed by atoms with E-state index >= 15 is 0 Å². The first-order chi connectivity index (χ1) is 6.32. The minimum atomic E-state index is -0.661. The Morgan fingerprint density at radius 3 is 2.07 bits per heavy atom. The zero-order chi connectivity index (χ0) is 10.9. The van der Waals surface area contributed by atoms with Gasteiger partial charge >= 0.3 is 5.97 Å². The molecule has 0 saturated carbocycles. The van der Waals surface area contributed by atoms with Gasteiger partial charge in [0.25, 0.3) is 11.8 Å². The third-order valence-corrected chi connectivity index (χ3v) is 1.93. The van der Waals surface area contributed by atoms with Crippen molar-refractivity contribution in [2.24, 2.45) is 5.41 Å². The normalized spacial score (nSPS) is 20.9. The van der Waals surface area contributed by atoms with Crippen LogP contribution < -0.4 is 0 Å². The fraction of sp³-hybridized carbons (Fsp3) is 0.667. The van der Waals surface area contributed by atoms with Crippen molar-refractivity contribution in [3.8, 4) is 0 Å². The molecule has 5 nitrogen and oxygen atoms in total. The molecule has 78 valence electrons. The van der Waals surface area contributed by atoms with Gasteiger partial charge in [-0.05, 0) is 5.41 Å². The summed E-state index contributed by atoms with van der Waals surface area (Å²) in [5.41, 5.74) is -0.342. The number of hydroxylamine groups is 2. The second kappa shape index (κ2) is 3.40. The number of nitrogens with zero attached hydrogens (tertiary/aromatic N) is 1. The smallest absolute Gasteiger partial charge is 0.330 e. The Morgan fingerprint density at radius 2 is 1.71 bits per heavy atom. The maximum atomic E-state index is 11.4. The van der Waals surface area contributed by atoms with E-state index in [1.54, 1.807) is 0 Å². The van der Waals surface area contributed by atoms with Crippen LogP contribution >= 0.6 is 0 Å². The van der Waals surface area contributed by atoms with Gasteiger partial charge in [0.2, 0.25) is 0 Å². The second-order valence-electron chi connectivity index (χ2n) is 4.18. The summed E-state index contributed by atoms with van der Waals surface area (Å²) in [6, 6.07) is 0. The molecule has 1 aliphatic rings. The Bertz CT molecular complexity index is 275.